The van der Waals surface area contributed by atoms with E-state index in [4.69, 9.17) is 4.74 Å². The van der Waals surface area contributed by atoms with E-state index in [1.54, 1.807) is 7.05 Å². The van der Waals surface area contributed by atoms with Crippen molar-refractivity contribution in [2.75, 3.05) is 20.2 Å². The van der Waals surface area contributed by atoms with Crippen LogP contribution < -0.4 is 5.32 Å². The highest BCUT2D eigenvalue weighted by atomic mass is 79.9. The number of rotatable bonds is 9. The van der Waals surface area contributed by atoms with E-state index in [0.29, 0.717) is 19.4 Å². The van der Waals surface area contributed by atoms with Gasteiger partial charge in [0.15, 0.2) is 0 Å². The lowest BCUT2D eigenvalue weighted by Crippen LogP contribution is -2.49. The van der Waals surface area contributed by atoms with E-state index in [1.807, 2.05) is 72.9 Å². The number of carbonyl (C=O) groups excluding carboxylic acids is 2. The molecule has 0 fully saturated rings. The van der Waals surface area contributed by atoms with Crippen molar-refractivity contribution in [3.63, 3.8) is 0 Å². The smallest absolute Gasteiger partial charge is 0.410 e. The van der Waals surface area contributed by atoms with Crippen LogP contribution in [0.1, 0.15) is 28.2 Å². The fraction of sp³-hybridized carbons (Fsp3) is 0.200. The number of carbonyl (C=O) groups is 2. The van der Waals surface area contributed by atoms with Crippen LogP contribution in [0.25, 0.3) is 22.0 Å². The van der Waals surface area contributed by atoms with Crippen LogP contribution in [0, 0.1) is 0 Å². The third kappa shape index (κ3) is 5.70. The highest BCUT2D eigenvalue weighted by Gasteiger charge is 2.32. The van der Waals surface area contributed by atoms with Gasteiger partial charge in [0.25, 0.3) is 0 Å². The SMILES string of the molecule is CN(C(=O)OCC1c2ccccc2-c2ccccc21)[C@@H](Cc1ccccc1)C(=O)NCCc1c[nH]c2cc(Br)ccc12. The number of hydrogen-bond acceptors (Lipinski definition) is 3. The molecule has 5 aromatic rings. The molecule has 0 saturated carbocycles. The lowest BCUT2D eigenvalue weighted by Gasteiger charge is -2.27. The summed E-state index contributed by atoms with van der Waals surface area (Å²) in [5.41, 5.74) is 7.79. The average Bonchev–Trinajstić information content (AvgIpc) is 3.57. The van der Waals surface area contributed by atoms with Crippen molar-refractivity contribution >= 4 is 38.8 Å². The van der Waals surface area contributed by atoms with Gasteiger partial charge in [0.2, 0.25) is 5.91 Å². The van der Waals surface area contributed by atoms with Crippen LogP contribution in [0.2, 0.25) is 0 Å². The summed E-state index contributed by atoms with van der Waals surface area (Å²) in [6, 6.07) is 31.6. The van der Waals surface area contributed by atoms with E-state index >= 15 is 0 Å². The lowest BCUT2D eigenvalue weighted by molar-refractivity contribution is -0.125. The molecule has 1 aliphatic carbocycles. The number of fused-ring (bicyclic) bond motifs is 4. The highest BCUT2D eigenvalue weighted by molar-refractivity contribution is 9.10. The number of ether oxygens (including phenoxy) is 1. The second-order valence-electron chi connectivity index (χ2n) is 10.7. The standard InChI is InChI=1S/C35H32BrN3O3/c1-39(35(41)42-22-31-29-13-7-5-11-27(29)28-12-6-8-14-30(28)31)33(19-23-9-3-2-4-10-23)34(40)37-18-17-24-21-38-32-20-25(36)15-16-26(24)32/h2-16,20-21,31,33,38H,17-19,22H2,1H3,(H,37,40)/t33-/m0/s1. The molecule has 1 aromatic heterocycles. The number of likely N-dealkylation sites (N-methyl/N-ethyl adjacent to an activating group) is 1. The monoisotopic (exact) mass is 621 g/mol. The molecular weight excluding hydrogens is 590 g/mol. The van der Waals surface area contributed by atoms with Gasteiger partial charge >= 0.3 is 6.09 Å². The molecule has 1 atom stereocenters. The van der Waals surface area contributed by atoms with Crippen LogP contribution in [0.5, 0.6) is 0 Å². The molecule has 6 nitrogen and oxygen atoms in total. The zero-order valence-electron chi connectivity index (χ0n) is 23.3. The van der Waals surface area contributed by atoms with Gasteiger partial charge in [-0.2, -0.15) is 0 Å². The Hall–Kier alpha value is -4.36. The van der Waals surface area contributed by atoms with Gasteiger partial charge in [-0.1, -0.05) is 101 Å². The normalized spacial score (nSPS) is 12.9. The number of hydrogen-bond donors (Lipinski definition) is 2. The zero-order valence-corrected chi connectivity index (χ0v) is 24.9. The number of H-pyrrole nitrogens is 1. The summed E-state index contributed by atoms with van der Waals surface area (Å²) in [6.45, 7) is 0.652. The van der Waals surface area contributed by atoms with Gasteiger partial charge in [0, 0.05) is 47.5 Å². The lowest BCUT2D eigenvalue weighted by atomic mass is 9.98. The quantitative estimate of drug-likeness (QED) is 0.185. The number of amides is 2. The minimum atomic E-state index is -0.720. The molecule has 4 aromatic carbocycles. The molecule has 6 rings (SSSR count). The Bertz CT molecular complexity index is 1690. The van der Waals surface area contributed by atoms with Gasteiger partial charge in [-0.3, -0.25) is 9.69 Å². The summed E-state index contributed by atoms with van der Waals surface area (Å²) in [4.78, 5) is 31.7. The van der Waals surface area contributed by atoms with Gasteiger partial charge in [-0.05, 0) is 51.9 Å². The second kappa shape index (κ2) is 12.2. The van der Waals surface area contributed by atoms with Gasteiger partial charge < -0.3 is 15.0 Å². The number of aromatic amines is 1. The Kier molecular flexibility index (Phi) is 8.11. The first-order valence-electron chi connectivity index (χ1n) is 14.1. The molecule has 0 unspecified atom stereocenters. The molecule has 0 aliphatic heterocycles. The molecule has 0 bridgehead atoms. The third-order valence-electron chi connectivity index (χ3n) is 8.09. The molecule has 0 radical (unpaired) electrons. The van der Waals surface area contributed by atoms with E-state index < -0.39 is 12.1 Å². The first kappa shape index (κ1) is 27.8. The van der Waals surface area contributed by atoms with E-state index in [-0.39, 0.29) is 18.4 Å². The predicted octanol–water partition coefficient (Wildman–Crippen LogP) is 7.08. The third-order valence-corrected chi connectivity index (χ3v) is 8.58. The molecule has 42 heavy (non-hydrogen) atoms. The Balaban J connectivity index is 1.14. The molecule has 212 valence electrons. The summed E-state index contributed by atoms with van der Waals surface area (Å²) in [5, 5.41) is 4.19. The van der Waals surface area contributed by atoms with Gasteiger partial charge in [0.05, 0.1) is 0 Å². The maximum atomic E-state index is 13.5. The van der Waals surface area contributed by atoms with Crippen LogP contribution in [0.3, 0.4) is 0 Å². The van der Waals surface area contributed by atoms with Gasteiger partial charge in [0.1, 0.15) is 12.6 Å². The highest BCUT2D eigenvalue weighted by Crippen LogP contribution is 2.44. The Morgan fingerprint density at radius 3 is 2.31 bits per heavy atom. The van der Waals surface area contributed by atoms with Crippen LogP contribution >= 0.6 is 15.9 Å². The topological polar surface area (TPSA) is 74.4 Å². The second-order valence-corrected chi connectivity index (χ2v) is 11.6. The van der Waals surface area contributed by atoms with Crippen molar-refractivity contribution in [3.05, 3.63) is 130 Å². The van der Waals surface area contributed by atoms with E-state index in [2.05, 4.69) is 56.6 Å². The molecule has 0 saturated heterocycles. The first-order valence-corrected chi connectivity index (χ1v) is 14.9. The van der Waals surface area contributed by atoms with E-state index in [0.717, 1.165) is 37.6 Å². The summed E-state index contributed by atoms with van der Waals surface area (Å²) in [7, 11) is 1.64. The van der Waals surface area contributed by atoms with Crippen LogP contribution in [0.15, 0.2) is 108 Å². The molecule has 0 spiro atoms. The number of halogens is 1. The number of nitrogens with one attached hydrogen (secondary N) is 2. The summed E-state index contributed by atoms with van der Waals surface area (Å²) >= 11 is 3.51. The number of aromatic nitrogens is 1. The Morgan fingerprint density at radius 1 is 0.929 bits per heavy atom. The molecule has 2 amide bonds. The maximum Gasteiger partial charge on any atom is 0.410 e. The predicted molar refractivity (Wildman–Crippen MR) is 169 cm³/mol. The van der Waals surface area contributed by atoms with Crippen molar-refractivity contribution in [2.45, 2.75) is 24.8 Å². The summed E-state index contributed by atoms with van der Waals surface area (Å²) in [6.07, 6.45) is 2.51. The molecule has 1 aliphatic rings. The summed E-state index contributed by atoms with van der Waals surface area (Å²) in [5.74, 6) is -0.259. The Morgan fingerprint density at radius 2 is 1.60 bits per heavy atom. The number of benzene rings is 4. The van der Waals surface area contributed by atoms with Crippen molar-refractivity contribution in [1.29, 1.82) is 0 Å². The molecule has 2 N–H and O–H groups in total. The van der Waals surface area contributed by atoms with Crippen LogP contribution in [-0.4, -0.2) is 48.1 Å². The van der Waals surface area contributed by atoms with Crippen LogP contribution in [0.4, 0.5) is 4.79 Å². The average molecular weight is 623 g/mol. The van der Waals surface area contributed by atoms with Gasteiger partial charge in [-0.15, -0.1) is 0 Å². The fourth-order valence-corrected chi connectivity index (χ4v) is 6.23. The number of nitrogens with zero attached hydrogens (tertiary/aromatic N) is 1. The largest absolute Gasteiger partial charge is 0.448 e. The van der Waals surface area contributed by atoms with Crippen molar-refractivity contribution < 1.29 is 14.3 Å². The molecule has 7 heteroatoms. The minimum Gasteiger partial charge on any atom is -0.448 e. The van der Waals surface area contributed by atoms with Crippen molar-refractivity contribution in [2.24, 2.45) is 0 Å². The molecular formula is C35H32BrN3O3. The van der Waals surface area contributed by atoms with E-state index in [9.17, 15) is 9.59 Å². The molecule has 1 heterocycles. The van der Waals surface area contributed by atoms with Gasteiger partial charge in [-0.25, -0.2) is 4.79 Å². The van der Waals surface area contributed by atoms with Crippen molar-refractivity contribution in [1.82, 2.24) is 15.2 Å². The fourth-order valence-electron chi connectivity index (χ4n) is 5.87. The van der Waals surface area contributed by atoms with Crippen molar-refractivity contribution in [3.8, 4) is 11.1 Å². The Labute approximate surface area is 253 Å². The maximum absolute atomic E-state index is 13.5. The van der Waals surface area contributed by atoms with E-state index in [1.165, 1.54) is 16.0 Å². The zero-order chi connectivity index (χ0) is 29.1. The summed E-state index contributed by atoms with van der Waals surface area (Å²) < 4.78 is 6.90. The minimum absolute atomic E-state index is 0.0482. The van der Waals surface area contributed by atoms with Crippen LogP contribution in [-0.2, 0) is 22.4 Å². The first-order chi connectivity index (χ1) is 20.5.